The lowest BCUT2D eigenvalue weighted by molar-refractivity contribution is -0.142. The molecule has 3 nitrogen and oxygen atoms in total. The van der Waals surface area contributed by atoms with E-state index >= 15 is 0 Å². The Morgan fingerprint density at radius 3 is 2.58 bits per heavy atom. The molecule has 1 aromatic heterocycles. The Morgan fingerprint density at radius 2 is 1.96 bits per heavy atom. The molecule has 1 N–H and O–H groups in total. The van der Waals surface area contributed by atoms with Crippen LogP contribution in [0.25, 0.3) is 21.2 Å². The number of aromatic nitrogens is 1. The van der Waals surface area contributed by atoms with E-state index in [0.29, 0.717) is 0 Å². The number of carboxylic acid groups (broad SMARTS) is 1. The summed E-state index contributed by atoms with van der Waals surface area (Å²) in [6.07, 6.45) is 4.34. The van der Waals surface area contributed by atoms with Crippen molar-refractivity contribution in [3.63, 3.8) is 0 Å². The van der Waals surface area contributed by atoms with Crippen molar-refractivity contribution in [2.24, 2.45) is 0 Å². The molecular formula is C19H17NO2S2. The Hall–Kier alpha value is -1.85. The number of aryl methyl sites for hydroxylation is 1. The van der Waals surface area contributed by atoms with Crippen molar-refractivity contribution in [1.82, 2.24) is 4.37 Å². The molecule has 1 heterocycles. The van der Waals surface area contributed by atoms with Crippen molar-refractivity contribution in [3.05, 3.63) is 48.2 Å². The second-order valence-electron chi connectivity index (χ2n) is 6.30. The first kappa shape index (κ1) is 15.7. The molecule has 0 unspecified atom stereocenters. The van der Waals surface area contributed by atoms with Gasteiger partial charge in [-0.1, -0.05) is 35.9 Å². The molecule has 1 fully saturated rings. The highest BCUT2D eigenvalue weighted by molar-refractivity contribution is 8.01. The first-order chi connectivity index (χ1) is 11.6. The summed E-state index contributed by atoms with van der Waals surface area (Å²) in [5, 5.41) is 10.8. The molecule has 0 spiro atoms. The van der Waals surface area contributed by atoms with Crippen molar-refractivity contribution >= 4 is 39.3 Å². The van der Waals surface area contributed by atoms with Crippen LogP contribution in [0, 0.1) is 6.92 Å². The van der Waals surface area contributed by atoms with E-state index in [1.807, 2.05) is 12.3 Å². The third-order valence-electron chi connectivity index (χ3n) is 4.68. The van der Waals surface area contributed by atoms with Gasteiger partial charge in [0.05, 0.1) is 4.70 Å². The fourth-order valence-electron chi connectivity index (χ4n) is 3.06. The number of carboxylic acids is 1. The van der Waals surface area contributed by atoms with Gasteiger partial charge < -0.3 is 5.11 Å². The molecule has 5 heteroatoms. The quantitative estimate of drug-likeness (QED) is 0.683. The Bertz CT molecular complexity index is 911. The predicted octanol–water partition coefficient (Wildman–Crippen LogP) is 5.37. The summed E-state index contributed by atoms with van der Waals surface area (Å²) in [6.45, 7) is 2.07. The zero-order chi connectivity index (χ0) is 16.7. The second-order valence-corrected chi connectivity index (χ2v) is 8.53. The molecule has 0 atom stereocenters. The number of rotatable bonds is 4. The zero-order valence-corrected chi connectivity index (χ0v) is 14.9. The zero-order valence-electron chi connectivity index (χ0n) is 13.3. The number of hydrogen-bond donors (Lipinski definition) is 1. The van der Waals surface area contributed by atoms with Crippen molar-refractivity contribution in [3.8, 4) is 11.1 Å². The third kappa shape index (κ3) is 2.52. The highest BCUT2D eigenvalue weighted by Gasteiger charge is 2.46. The molecule has 1 aliphatic rings. The Morgan fingerprint density at radius 1 is 1.21 bits per heavy atom. The lowest BCUT2D eigenvalue weighted by Crippen LogP contribution is -2.41. The summed E-state index contributed by atoms with van der Waals surface area (Å²) < 4.78 is 4.79. The van der Waals surface area contributed by atoms with Crippen molar-refractivity contribution in [1.29, 1.82) is 0 Å². The minimum Gasteiger partial charge on any atom is -0.480 e. The summed E-state index contributed by atoms with van der Waals surface area (Å²) in [5.41, 5.74) is 3.45. The van der Waals surface area contributed by atoms with Gasteiger partial charge in [0, 0.05) is 22.0 Å². The van der Waals surface area contributed by atoms with Crippen LogP contribution in [0.5, 0.6) is 0 Å². The molecule has 3 aromatic rings. The van der Waals surface area contributed by atoms with Gasteiger partial charge >= 0.3 is 5.97 Å². The van der Waals surface area contributed by atoms with Gasteiger partial charge in [0.15, 0.2) is 0 Å². The van der Waals surface area contributed by atoms with E-state index in [9.17, 15) is 9.90 Å². The monoisotopic (exact) mass is 355 g/mol. The minimum atomic E-state index is -0.696. The first-order valence-electron chi connectivity index (χ1n) is 7.96. The summed E-state index contributed by atoms with van der Waals surface area (Å²) in [7, 11) is 0. The average molecular weight is 355 g/mol. The van der Waals surface area contributed by atoms with E-state index in [1.54, 1.807) is 0 Å². The number of aliphatic carboxylic acids is 1. The SMILES string of the molecule is Cc1ccc(-c2c(SC3(C(=O)O)CCC3)ccc3cnsc23)cc1. The fraction of sp³-hybridized carbons (Fsp3) is 0.263. The normalized spacial score (nSPS) is 16.0. The van der Waals surface area contributed by atoms with E-state index in [1.165, 1.54) is 28.9 Å². The number of hydrogen-bond acceptors (Lipinski definition) is 4. The molecule has 0 saturated heterocycles. The molecule has 0 aliphatic heterocycles. The van der Waals surface area contributed by atoms with Crippen LogP contribution >= 0.6 is 23.3 Å². The van der Waals surface area contributed by atoms with Crippen LogP contribution in [0.3, 0.4) is 0 Å². The van der Waals surface area contributed by atoms with Crippen LogP contribution < -0.4 is 0 Å². The van der Waals surface area contributed by atoms with Crippen LogP contribution in [0.2, 0.25) is 0 Å². The van der Waals surface area contributed by atoms with Gasteiger partial charge in [-0.05, 0) is 49.3 Å². The second kappa shape index (κ2) is 5.90. The lowest BCUT2D eigenvalue weighted by Gasteiger charge is -2.37. The highest BCUT2D eigenvalue weighted by atomic mass is 32.2. The van der Waals surface area contributed by atoms with Crippen molar-refractivity contribution in [2.75, 3.05) is 0 Å². The van der Waals surface area contributed by atoms with E-state index in [0.717, 1.165) is 45.4 Å². The van der Waals surface area contributed by atoms with E-state index in [2.05, 4.69) is 41.6 Å². The molecule has 0 radical (unpaired) electrons. The summed E-state index contributed by atoms with van der Waals surface area (Å²) in [4.78, 5) is 12.8. The highest BCUT2D eigenvalue weighted by Crippen LogP contribution is 2.51. The minimum absolute atomic E-state index is 0.669. The summed E-state index contributed by atoms with van der Waals surface area (Å²) in [5.74, 6) is -0.696. The number of carbonyl (C=O) groups is 1. The van der Waals surface area contributed by atoms with Gasteiger partial charge in [-0.2, -0.15) is 4.37 Å². The Balaban J connectivity index is 1.87. The predicted molar refractivity (Wildman–Crippen MR) is 99.9 cm³/mol. The lowest BCUT2D eigenvalue weighted by atomic mass is 9.84. The largest absolute Gasteiger partial charge is 0.480 e. The van der Waals surface area contributed by atoms with Gasteiger partial charge in [0.2, 0.25) is 0 Å². The molecule has 1 aliphatic carbocycles. The number of fused-ring (bicyclic) bond motifs is 1. The van der Waals surface area contributed by atoms with Crippen molar-refractivity contribution < 1.29 is 9.90 Å². The third-order valence-corrected chi connectivity index (χ3v) is 7.05. The van der Waals surface area contributed by atoms with Crippen LogP contribution in [0.15, 0.2) is 47.5 Å². The molecule has 0 bridgehead atoms. The fourth-order valence-corrected chi connectivity index (χ4v) is 5.40. The first-order valence-corrected chi connectivity index (χ1v) is 9.55. The average Bonchev–Trinajstić information content (AvgIpc) is 2.99. The maximum absolute atomic E-state index is 11.8. The van der Waals surface area contributed by atoms with Crippen LogP contribution in [0.1, 0.15) is 24.8 Å². The summed E-state index contributed by atoms with van der Waals surface area (Å²) >= 11 is 2.99. The molecule has 4 rings (SSSR count). The number of benzene rings is 2. The van der Waals surface area contributed by atoms with Gasteiger partial charge in [-0.25, -0.2) is 0 Å². The molecular weight excluding hydrogens is 338 g/mol. The number of thioether (sulfide) groups is 1. The smallest absolute Gasteiger partial charge is 0.320 e. The maximum atomic E-state index is 11.8. The van der Waals surface area contributed by atoms with E-state index in [-0.39, 0.29) is 0 Å². The van der Waals surface area contributed by atoms with Gasteiger partial charge in [-0.15, -0.1) is 11.8 Å². The van der Waals surface area contributed by atoms with Crippen LogP contribution in [0.4, 0.5) is 0 Å². The standard InChI is InChI=1S/C19H17NO2S2/c1-12-3-5-13(6-4-12)16-15(8-7-14-11-20-24-17(14)16)23-19(18(21)22)9-2-10-19/h3-8,11H,2,9-10H2,1H3,(H,21,22). The van der Waals surface area contributed by atoms with E-state index in [4.69, 9.17) is 0 Å². The van der Waals surface area contributed by atoms with Crippen LogP contribution in [-0.4, -0.2) is 20.2 Å². The topological polar surface area (TPSA) is 50.2 Å². The van der Waals surface area contributed by atoms with E-state index < -0.39 is 10.7 Å². The van der Waals surface area contributed by atoms with Crippen LogP contribution in [-0.2, 0) is 4.79 Å². The molecule has 1 saturated carbocycles. The number of nitrogens with zero attached hydrogens (tertiary/aromatic N) is 1. The molecule has 0 amide bonds. The van der Waals surface area contributed by atoms with Gasteiger partial charge in [0.25, 0.3) is 0 Å². The van der Waals surface area contributed by atoms with Crippen molar-refractivity contribution in [2.45, 2.75) is 35.8 Å². The molecule has 122 valence electrons. The van der Waals surface area contributed by atoms with Gasteiger partial charge in [0.1, 0.15) is 4.75 Å². The van der Waals surface area contributed by atoms with Gasteiger partial charge in [-0.3, -0.25) is 4.79 Å². The maximum Gasteiger partial charge on any atom is 0.320 e. The molecule has 24 heavy (non-hydrogen) atoms. The Labute approximate surface area is 148 Å². The summed E-state index contributed by atoms with van der Waals surface area (Å²) in [6, 6.07) is 12.5. The Kier molecular flexibility index (Phi) is 3.85. The molecule has 2 aromatic carbocycles.